The first-order chi connectivity index (χ1) is 11.5. The highest BCUT2D eigenvalue weighted by atomic mass is 79.9. The number of halogens is 4. The number of nitrogens with zero attached hydrogens (tertiary/aromatic N) is 2. The number of aromatic nitrogens is 2. The molecule has 122 valence electrons. The van der Waals surface area contributed by atoms with Gasteiger partial charge in [0.2, 0.25) is 11.8 Å². The van der Waals surface area contributed by atoms with Gasteiger partial charge in [0.05, 0.1) is 6.42 Å². The van der Waals surface area contributed by atoms with Crippen molar-refractivity contribution >= 4 is 44.0 Å². The molecular formula is C17H10Br2F2N2O. The van der Waals surface area contributed by atoms with Gasteiger partial charge in [-0.2, -0.15) is 0 Å². The highest BCUT2D eigenvalue weighted by molar-refractivity contribution is 9.10. The summed E-state index contributed by atoms with van der Waals surface area (Å²) >= 11 is 6.53. The van der Waals surface area contributed by atoms with E-state index in [9.17, 15) is 8.78 Å². The van der Waals surface area contributed by atoms with Crippen molar-refractivity contribution in [2.75, 3.05) is 0 Å². The molecule has 0 N–H and O–H groups in total. The zero-order valence-corrected chi connectivity index (χ0v) is 15.3. The van der Waals surface area contributed by atoms with E-state index in [1.54, 1.807) is 0 Å². The van der Waals surface area contributed by atoms with Crippen LogP contribution in [0.4, 0.5) is 8.78 Å². The molecule has 1 heterocycles. The molecule has 24 heavy (non-hydrogen) atoms. The topological polar surface area (TPSA) is 38.9 Å². The highest BCUT2D eigenvalue weighted by Crippen LogP contribution is 2.24. The lowest BCUT2D eigenvalue weighted by molar-refractivity contribution is 0.496. The molecule has 0 aliphatic carbocycles. The normalized spacial score (nSPS) is 11.3. The van der Waals surface area contributed by atoms with Gasteiger partial charge in [-0.3, -0.25) is 0 Å². The van der Waals surface area contributed by atoms with Crippen LogP contribution in [0.5, 0.6) is 0 Å². The van der Waals surface area contributed by atoms with Crippen LogP contribution >= 0.6 is 31.9 Å². The monoisotopic (exact) mass is 454 g/mol. The molecule has 3 rings (SSSR count). The summed E-state index contributed by atoms with van der Waals surface area (Å²) in [5, 5.41) is 7.86. The van der Waals surface area contributed by atoms with Crippen LogP contribution in [-0.2, 0) is 6.42 Å². The molecule has 0 aliphatic rings. The molecule has 1 aromatic heterocycles. The maximum atomic E-state index is 13.8. The van der Waals surface area contributed by atoms with Crippen molar-refractivity contribution in [1.29, 1.82) is 0 Å². The SMILES string of the molecule is Fc1cc(F)c(/C=C/c2nnc(Cc3cccc(Br)c3)o2)c(Br)c1. The van der Waals surface area contributed by atoms with Crippen LogP contribution in [0.25, 0.3) is 12.2 Å². The van der Waals surface area contributed by atoms with Gasteiger partial charge in [-0.15, -0.1) is 10.2 Å². The summed E-state index contributed by atoms with van der Waals surface area (Å²) in [5.74, 6) is -0.625. The fourth-order valence-corrected chi connectivity index (χ4v) is 3.08. The molecule has 0 unspecified atom stereocenters. The van der Waals surface area contributed by atoms with Crippen molar-refractivity contribution in [3.05, 3.63) is 79.9 Å². The molecule has 0 saturated heterocycles. The number of benzene rings is 2. The van der Waals surface area contributed by atoms with Crippen molar-refractivity contribution in [3.8, 4) is 0 Å². The second-order valence-corrected chi connectivity index (χ2v) is 6.73. The van der Waals surface area contributed by atoms with Crippen molar-refractivity contribution in [1.82, 2.24) is 10.2 Å². The molecule has 0 bridgehead atoms. The van der Waals surface area contributed by atoms with Gasteiger partial charge in [-0.1, -0.05) is 28.1 Å². The molecule has 0 amide bonds. The molecule has 2 aromatic carbocycles. The minimum absolute atomic E-state index is 0.211. The second kappa shape index (κ2) is 7.36. The fourth-order valence-electron chi connectivity index (χ4n) is 2.09. The molecule has 7 heteroatoms. The standard InChI is InChI=1S/C17H10Br2F2N2O/c18-11-3-1-2-10(6-11)7-17-23-22-16(24-17)5-4-13-14(19)8-12(20)9-15(13)21/h1-6,8-9H,7H2/b5-4+. The zero-order chi connectivity index (χ0) is 17.1. The summed E-state index contributed by atoms with van der Waals surface area (Å²) in [6, 6.07) is 9.78. The fraction of sp³-hybridized carbons (Fsp3) is 0.0588. The van der Waals surface area contributed by atoms with Gasteiger partial charge in [0.15, 0.2) is 0 Å². The summed E-state index contributed by atoms with van der Waals surface area (Å²) in [6.45, 7) is 0. The molecular weight excluding hydrogens is 446 g/mol. The number of hydrogen-bond acceptors (Lipinski definition) is 3. The van der Waals surface area contributed by atoms with E-state index in [0.29, 0.717) is 16.8 Å². The van der Waals surface area contributed by atoms with Crippen molar-refractivity contribution in [2.24, 2.45) is 0 Å². The quantitative estimate of drug-likeness (QED) is 0.511. The average Bonchev–Trinajstić information content (AvgIpc) is 2.93. The van der Waals surface area contributed by atoms with Gasteiger partial charge in [-0.05, 0) is 45.8 Å². The molecule has 0 radical (unpaired) electrons. The van der Waals surface area contributed by atoms with Crippen LogP contribution in [0.1, 0.15) is 22.9 Å². The van der Waals surface area contributed by atoms with E-state index in [-0.39, 0.29) is 11.5 Å². The lowest BCUT2D eigenvalue weighted by Gasteiger charge is -2.00. The van der Waals surface area contributed by atoms with Crippen LogP contribution in [0, 0.1) is 11.6 Å². The first-order valence-corrected chi connectivity index (χ1v) is 8.49. The summed E-state index contributed by atoms with van der Waals surface area (Å²) in [4.78, 5) is 0. The van der Waals surface area contributed by atoms with Gasteiger partial charge in [0.1, 0.15) is 11.6 Å². The van der Waals surface area contributed by atoms with Crippen LogP contribution in [0.2, 0.25) is 0 Å². The third-order valence-corrected chi connectivity index (χ3v) is 4.31. The molecule has 0 atom stereocenters. The Kier molecular flexibility index (Phi) is 5.20. The summed E-state index contributed by atoms with van der Waals surface area (Å²) in [5.41, 5.74) is 1.24. The summed E-state index contributed by atoms with van der Waals surface area (Å²) < 4.78 is 33.6. The molecule has 3 nitrogen and oxygen atoms in total. The van der Waals surface area contributed by atoms with Crippen molar-refractivity contribution in [3.63, 3.8) is 0 Å². The Balaban J connectivity index is 1.77. The van der Waals surface area contributed by atoms with E-state index >= 15 is 0 Å². The van der Waals surface area contributed by atoms with E-state index in [0.717, 1.165) is 16.1 Å². The Morgan fingerprint density at radius 2 is 1.88 bits per heavy atom. The lowest BCUT2D eigenvalue weighted by Crippen LogP contribution is -1.87. The number of rotatable bonds is 4. The van der Waals surface area contributed by atoms with Crippen LogP contribution in [0.3, 0.4) is 0 Å². The van der Waals surface area contributed by atoms with Crippen LogP contribution in [-0.4, -0.2) is 10.2 Å². The Bertz CT molecular complexity index is 886. The smallest absolute Gasteiger partial charge is 0.240 e. The molecule has 0 saturated carbocycles. The highest BCUT2D eigenvalue weighted by Gasteiger charge is 2.09. The molecule has 3 aromatic rings. The van der Waals surface area contributed by atoms with Crippen LogP contribution in [0.15, 0.2) is 49.8 Å². The Hall–Kier alpha value is -1.86. The average molecular weight is 456 g/mol. The van der Waals surface area contributed by atoms with Gasteiger partial charge in [0.25, 0.3) is 0 Å². The lowest BCUT2D eigenvalue weighted by atomic mass is 10.1. The first kappa shape index (κ1) is 17.0. The summed E-state index contributed by atoms with van der Waals surface area (Å²) in [7, 11) is 0. The Morgan fingerprint density at radius 3 is 2.62 bits per heavy atom. The minimum Gasteiger partial charge on any atom is -0.421 e. The maximum Gasteiger partial charge on any atom is 0.240 e. The third-order valence-electron chi connectivity index (χ3n) is 3.16. The van der Waals surface area contributed by atoms with E-state index in [4.69, 9.17) is 4.42 Å². The van der Waals surface area contributed by atoms with E-state index in [1.165, 1.54) is 18.2 Å². The Labute approximate surface area is 153 Å². The predicted octanol–water partition coefficient (Wildman–Crippen LogP) is 5.63. The van der Waals surface area contributed by atoms with Gasteiger partial charge in [-0.25, -0.2) is 8.78 Å². The molecule has 0 aliphatic heterocycles. The van der Waals surface area contributed by atoms with E-state index in [1.807, 2.05) is 24.3 Å². The maximum absolute atomic E-state index is 13.8. The van der Waals surface area contributed by atoms with E-state index in [2.05, 4.69) is 42.1 Å². The Morgan fingerprint density at radius 1 is 1.04 bits per heavy atom. The first-order valence-electron chi connectivity index (χ1n) is 6.91. The zero-order valence-electron chi connectivity index (χ0n) is 12.1. The van der Waals surface area contributed by atoms with Gasteiger partial charge < -0.3 is 4.42 Å². The second-order valence-electron chi connectivity index (χ2n) is 4.96. The third kappa shape index (κ3) is 4.15. The minimum atomic E-state index is -0.674. The van der Waals surface area contributed by atoms with Crippen molar-refractivity contribution in [2.45, 2.75) is 6.42 Å². The van der Waals surface area contributed by atoms with Gasteiger partial charge in [0, 0.05) is 26.7 Å². The van der Waals surface area contributed by atoms with Gasteiger partial charge >= 0.3 is 0 Å². The van der Waals surface area contributed by atoms with Crippen LogP contribution < -0.4 is 0 Å². The van der Waals surface area contributed by atoms with Crippen molar-refractivity contribution < 1.29 is 13.2 Å². The number of hydrogen-bond donors (Lipinski definition) is 0. The van der Waals surface area contributed by atoms with E-state index < -0.39 is 11.6 Å². The predicted molar refractivity (Wildman–Crippen MR) is 94.2 cm³/mol. The largest absolute Gasteiger partial charge is 0.421 e. The molecule has 0 fully saturated rings. The molecule has 0 spiro atoms. The summed E-state index contributed by atoms with van der Waals surface area (Å²) in [6.07, 6.45) is 3.43.